The molecule has 16 heteroatoms. The van der Waals surface area contributed by atoms with Gasteiger partial charge in [0.1, 0.15) is 24.2 Å². The fourth-order valence-corrected chi connectivity index (χ4v) is 6.83. The number of hydrogen-bond acceptors (Lipinski definition) is 13. The number of pyridine rings is 2. The van der Waals surface area contributed by atoms with Gasteiger partial charge < -0.3 is 29.6 Å². The van der Waals surface area contributed by atoms with E-state index in [0.29, 0.717) is 75.1 Å². The molecule has 4 aromatic rings. The molecule has 15 nitrogen and oxygen atoms in total. The Labute approximate surface area is 290 Å². The number of carbonyl (C=O) groups is 1. The third kappa shape index (κ3) is 8.03. The minimum absolute atomic E-state index is 0.0308. The Balaban J connectivity index is 1.28. The summed E-state index contributed by atoms with van der Waals surface area (Å²) in [6.45, 7) is 8.98. The molecule has 0 unspecified atom stereocenters. The van der Waals surface area contributed by atoms with Crippen molar-refractivity contribution in [1.29, 1.82) is 0 Å². The molecule has 2 aliphatic rings. The van der Waals surface area contributed by atoms with Gasteiger partial charge in [-0.1, -0.05) is 0 Å². The van der Waals surface area contributed by atoms with E-state index in [-0.39, 0.29) is 17.8 Å². The average molecular weight is 705 g/mol. The first-order chi connectivity index (χ1) is 23.9. The van der Waals surface area contributed by atoms with Gasteiger partial charge in [0.25, 0.3) is 0 Å². The Hall–Kier alpha value is -5.09. The van der Waals surface area contributed by atoms with Crippen LogP contribution in [0.2, 0.25) is 0 Å². The summed E-state index contributed by atoms with van der Waals surface area (Å²) in [4.78, 5) is 33.8. The number of aromatic nitrogens is 4. The summed E-state index contributed by atoms with van der Waals surface area (Å²) >= 11 is 0. The van der Waals surface area contributed by atoms with Crippen LogP contribution in [0.5, 0.6) is 5.88 Å². The molecular formula is C34H40N8O7S. The monoisotopic (exact) mass is 704 g/mol. The molecule has 0 spiro atoms. The van der Waals surface area contributed by atoms with Gasteiger partial charge in [-0.2, -0.15) is 14.0 Å². The molecule has 0 radical (unpaired) electrons. The van der Waals surface area contributed by atoms with Crippen LogP contribution < -0.4 is 19.3 Å². The summed E-state index contributed by atoms with van der Waals surface area (Å²) in [7, 11) is -4.19. The predicted molar refractivity (Wildman–Crippen MR) is 189 cm³/mol. The molecule has 1 aromatic carbocycles. The van der Waals surface area contributed by atoms with Crippen LogP contribution in [0.3, 0.4) is 0 Å². The molecule has 50 heavy (non-hydrogen) atoms. The lowest BCUT2D eigenvalue weighted by Crippen LogP contribution is -2.40. The number of nitrogens with zero attached hydrogens (tertiary/aromatic N) is 7. The number of carbonyl (C=O) groups excluding carboxylic acids is 1. The lowest BCUT2D eigenvalue weighted by Gasteiger charge is -2.31. The first-order valence-corrected chi connectivity index (χ1v) is 18.2. The predicted octanol–water partition coefficient (Wildman–Crippen LogP) is 4.74. The Morgan fingerprint density at radius 2 is 1.76 bits per heavy atom. The zero-order valence-corrected chi connectivity index (χ0v) is 29.0. The van der Waals surface area contributed by atoms with Crippen molar-refractivity contribution in [3.8, 4) is 5.88 Å². The van der Waals surface area contributed by atoms with Gasteiger partial charge in [-0.25, -0.2) is 23.2 Å². The summed E-state index contributed by atoms with van der Waals surface area (Å²) in [5.41, 5.74) is 0.0821. The topological polar surface area (TPSA) is 175 Å². The molecule has 1 aliphatic heterocycles. The van der Waals surface area contributed by atoms with Crippen LogP contribution in [-0.2, 0) is 25.1 Å². The second-order valence-electron chi connectivity index (χ2n) is 12.8. The van der Waals surface area contributed by atoms with Gasteiger partial charge in [0.05, 0.1) is 42.3 Å². The fourth-order valence-electron chi connectivity index (χ4n) is 6.04. The number of nitrogens with one attached hydrogen (secondary N) is 1. The number of ether oxygens (including phenoxy) is 3. The van der Waals surface area contributed by atoms with Gasteiger partial charge in [-0.15, -0.1) is 0 Å². The number of morpholine rings is 1. The highest BCUT2D eigenvalue weighted by Crippen LogP contribution is 2.35. The van der Waals surface area contributed by atoms with E-state index in [4.69, 9.17) is 19.2 Å². The Bertz CT molecular complexity index is 1950. The molecule has 1 N–H and O–H groups in total. The highest BCUT2D eigenvalue weighted by atomic mass is 32.2. The van der Waals surface area contributed by atoms with Crippen molar-refractivity contribution in [1.82, 2.24) is 19.9 Å². The molecule has 1 saturated heterocycles. The van der Waals surface area contributed by atoms with Crippen LogP contribution >= 0.6 is 0 Å². The quantitative estimate of drug-likeness (QED) is 0.104. The maximum absolute atomic E-state index is 13.7. The van der Waals surface area contributed by atoms with Crippen LogP contribution in [0.1, 0.15) is 45.1 Å². The second kappa shape index (κ2) is 14.4. The van der Waals surface area contributed by atoms with Crippen molar-refractivity contribution in [2.75, 3.05) is 47.1 Å². The maximum atomic E-state index is 13.7. The second-order valence-corrected chi connectivity index (χ2v) is 14.6. The zero-order valence-electron chi connectivity index (χ0n) is 28.2. The molecule has 3 aromatic heterocycles. The van der Waals surface area contributed by atoms with Crippen LogP contribution in [0.15, 0.2) is 61.1 Å². The van der Waals surface area contributed by atoms with E-state index < -0.39 is 21.7 Å². The third-order valence-electron chi connectivity index (χ3n) is 8.73. The average Bonchev–Trinajstić information content (AvgIpc) is 3.09. The minimum Gasteiger partial charge on any atom is -0.619 e. The van der Waals surface area contributed by atoms with E-state index in [1.165, 1.54) is 24.4 Å². The van der Waals surface area contributed by atoms with Crippen LogP contribution in [0.25, 0.3) is 10.9 Å². The third-order valence-corrected chi connectivity index (χ3v) is 9.75. The summed E-state index contributed by atoms with van der Waals surface area (Å²) in [5.74, 6) is 1.54. The number of benzene rings is 1. The number of amides is 1. The molecule has 2 fully saturated rings. The van der Waals surface area contributed by atoms with Crippen molar-refractivity contribution in [3.63, 3.8) is 0 Å². The minimum atomic E-state index is -4.19. The highest BCUT2D eigenvalue weighted by molar-refractivity contribution is 7.92. The van der Waals surface area contributed by atoms with Gasteiger partial charge in [0.2, 0.25) is 27.5 Å². The van der Waals surface area contributed by atoms with Crippen LogP contribution in [-0.4, -0.2) is 90.6 Å². The Morgan fingerprint density at radius 1 is 1.08 bits per heavy atom. The standard InChI is InChI=1S/C34H40N8O7S/c1-34(2,23-6-10-25(11-7-23)40(3)44)49-33(43)42(50(4,45)46)26-20-28-29(37-22-26)21-30(41-16-18-47-19-17-41)39-31(28)48-27-12-8-24(9-13-27)38-32-35-14-5-15-36-32/h5-7,10-11,14-15,20-22,24,27H,3,8-9,12-13,16-19H2,1-2,4H3,(H,35,36,38). The molecule has 1 amide bonds. The van der Waals surface area contributed by atoms with Crippen LogP contribution in [0.4, 0.5) is 27.9 Å². The van der Waals surface area contributed by atoms with Gasteiger partial charge in [-0.3, -0.25) is 4.98 Å². The molecule has 0 bridgehead atoms. The van der Waals surface area contributed by atoms with E-state index in [0.717, 1.165) is 31.9 Å². The Kier molecular flexibility index (Phi) is 10.0. The lowest BCUT2D eigenvalue weighted by molar-refractivity contribution is -0.349. The number of hydrogen-bond donors (Lipinski definition) is 1. The van der Waals surface area contributed by atoms with Gasteiger partial charge >= 0.3 is 6.09 Å². The normalized spacial score (nSPS) is 18.3. The molecule has 1 aliphatic carbocycles. The van der Waals surface area contributed by atoms with E-state index in [9.17, 15) is 18.4 Å². The van der Waals surface area contributed by atoms with Gasteiger partial charge in [0, 0.05) is 49.7 Å². The van der Waals surface area contributed by atoms with Gasteiger partial charge in [-0.05, 0) is 69.4 Å². The fraction of sp³-hybridized carbons (Fsp3) is 0.412. The van der Waals surface area contributed by atoms with Crippen LogP contribution in [0, 0.1) is 5.21 Å². The van der Waals surface area contributed by atoms with Crippen molar-refractivity contribution in [2.24, 2.45) is 0 Å². The molecule has 0 atom stereocenters. The molecule has 1 saturated carbocycles. The number of anilines is 3. The van der Waals surface area contributed by atoms with Crippen molar-refractivity contribution in [3.05, 3.63) is 71.8 Å². The SMILES string of the molecule is C=[N+]([O-])c1ccc(C(C)(C)OC(=O)N(c2cnc3cc(N4CCOCC4)nc(OC4CCC(Nc5ncccn5)CC4)c3c2)S(C)(=O)=O)cc1. The Morgan fingerprint density at radius 3 is 2.40 bits per heavy atom. The molecule has 4 heterocycles. The van der Waals surface area contributed by atoms with Gasteiger partial charge in [0.15, 0.2) is 0 Å². The molecular weight excluding hydrogens is 664 g/mol. The van der Waals surface area contributed by atoms with E-state index in [2.05, 4.69) is 31.9 Å². The first kappa shape index (κ1) is 34.8. The summed E-state index contributed by atoms with van der Waals surface area (Å²) in [6, 6.07) is 11.6. The highest BCUT2D eigenvalue weighted by Gasteiger charge is 2.34. The number of rotatable bonds is 10. The molecule has 6 rings (SSSR count). The van der Waals surface area contributed by atoms with E-state index in [1.807, 2.05) is 6.07 Å². The first-order valence-electron chi connectivity index (χ1n) is 16.3. The van der Waals surface area contributed by atoms with E-state index >= 15 is 0 Å². The smallest absolute Gasteiger partial charge is 0.429 e. The van der Waals surface area contributed by atoms with Crippen molar-refractivity contribution < 1.29 is 32.2 Å². The van der Waals surface area contributed by atoms with Crippen molar-refractivity contribution >= 4 is 56.9 Å². The summed E-state index contributed by atoms with van der Waals surface area (Å²) in [5, 5.41) is 15.4. The summed E-state index contributed by atoms with van der Waals surface area (Å²) < 4.78 is 45.2. The lowest BCUT2D eigenvalue weighted by atomic mass is 9.93. The molecule has 264 valence electrons. The maximum Gasteiger partial charge on any atom is 0.429 e. The number of sulfonamides is 1. The van der Waals surface area contributed by atoms with E-state index in [1.54, 1.807) is 44.4 Å². The number of fused-ring (bicyclic) bond motifs is 1. The largest absolute Gasteiger partial charge is 0.619 e. The van der Waals surface area contributed by atoms with Crippen molar-refractivity contribution in [2.45, 2.75) is 57.3 Å². The summed E-state index contributed by atoms with van der Waals surface area (Å²) in [6.07, 6.45) is 7.47. The zero-order chi connectivity index (χ0) is 35.5.